The molecule has 0 atom stereocenters. The van der Waals surface area contributed by atoms with Gasteiger partial charge in [0.2, 0.25) is 15.9 Å². The van der Waals surface area contributed by atoms with Gasteiger partial charge in [0.05, 0.1) is 11.4 Å². The van der Waals surface area contributed by atoms with Crippen LogP contribution in [0.2, 0.25) is 0 Å². The fraction of sp³-hybridized carbons (Fsp3) is 0.562. The Balaban J connectivity index is 1.98. The van der Waals surface area contributed by atoms with Crippen LogP contribution < -0.4 is 0 Å². The van der Waals surface area contributed by atoms with Crippen LogP contribution in [0.3, 0.4) is 0 Å². The van der Waals surface area contributed by atoms with Gasteiger partial charge < -0.3 is 4.90 Å². The van der Waals surface area contributed by atoms with Crippen LogP contribution in [0.25, 0.3) is 0 Å². The van der Waals surface area contributed by atoms with E-state index in [0.717, 1.165) is 4.47 Å². The van der Waals surface area contributed by atoms with Crippen molar-refractivity contribution in [2.24, 2.45) is 0 Å². The second-order valence-electron chi connectivity index (χ2n) is 6.25. The number of amides is 1. The van der Waals surface area contributed by atoms with E-state index in [1.54, 1.807) is 29.2 Å². The molecule has 1 aromatic rings. The summed E-state index contributed by atoms with van der Waals surface area (Å²) < 4.78 is 27.5. The quantitative estimate of drug-likeness (QED) is 0.729. The summed E-state index contributed by atoms with van der Waals surface area (Å²) in [6.45, 7) is 5.94. The van der Waals surface area contributed by atoms with Gasteiger partial charge in [0, 0.05) is 36.7 Å². The Morgan fingerprint density at radius 2 is 1.88 bits per heavy atom. The maximum Gasteiger partial charge on any atom is 0.243 e. The zero-order valence-electron chi connectivity index (χ0n) is 14.3. The molecular weight excluding hydrogens is 394 g/mol. The lowest BCUT2D eigenvalue weighted by atomic mass is 10.3. The molecule has 0 saturated carbocycles. The number of benzene rings is 1. The molecule has 134 valence electrons. The Labute approximate surface area is 152 Å². The number of hydrogen-bond acceptors (Lipinski definition) is 4. The van der Waals surface area contributed by atoms with Gasteiger partial charge in [-0.3, -0.25) is 9.69 Å². The summed E-state index contributed by atoms with van der Waals surface area (Å²) >= 11 is 3.30. The number of carbonyl (C=O) groups excluding carboxylic acids is 1. The summed E-state index contributed by atoms with van der Waals surface area (Å²) in [7, 11) is -1.60. The number of likely N-dealkylation sites (N-methyl/N-ethyl adjacent to an activating group) is 1. The lowest BCUT2D eigenvalue weighted by Crippen LogP contribution is -2.52. The fourth-order valence-electron chi connectivity index (χ4n) is 2.45. The Morgan fingerprint density at radius 1 is 1.25 bits per heavy atom. The highest BCUT2D eigenvalue weighted by molar-refractivity contribution is 9.10. The molecule has 8 heteroatoms. The van der Waals surface area contributed by atoms with E-state index in [1.807, 2.05) is 25.8 Å². The third-order valence-corrected chi connectivity index (χ3v) is 6.68. The number of nitrogens with zero attached hydrogens (tertiary/aromatic N) is 3. The Bertz CT molecular complexity index is 686. The predicted octanol–water partition coefficient (Wildman–Crippen LogP) is 1.62. The molecule has 1 saturated heterocycles. The fourth-order valence-corrected chi connectivity index (χ4v) is 4.47. The molecular formula is C16H24BrN3O3S. The molecule has 0 aliphatic carbocycles. The summed E-state index contributed by atoms with van der Waals surface area (Å²) in [4.78, 5) is 16.3. The molecule has 0 spiro atoms. The summed E-state index contributed by atoms with van der Waals surface area (Å²) in [6, 6.07) is 6.99. The largest absolute Gasteiger partial charge is 0.339 e. The second-order valence-corrected chi connectivity index (χ2v) is 9.10. The number of carbonyl (C=O) groups is 1. The maximum absolute atomic E-state index is 12.7. The first-order valence-corrected chi connectivity index (χ1v) is 10.2. The minimum atomic E-state index is -3.52. The lowest BCUT2D eigenvalue weighted by Gasteiger charge is -2.35. The van der Waals surface area contributed by atoms with Crippen LogP contribution in [0.1, 0.15) is 13.8 Å². The molecule has 6 nitrogen and oxygen atoms in total. The van der Waals surface area contributed by atoms with Crippen LogP contribution in [-0.2, 0) is 14.8 Å². The van der Waals surface area contributed by atoms with Gasteiger partial charge in [0.25, 0.3) is 0 Å². The normalized spacial score (nSPS) is 16.8. The highest BCUT2D eigenvalue weighted by Gasteiger charge is 2.30. The standard InChI is InChI=1S/C16H24BrN3O3S/c1-13(2)18(3)12-16(21)19-7-9-20(10-8-19)24(22,23)15-6-4-5-14(17)11-15/h4-6,11,13H,7-10,12H2,1-3H3. The van der Waals surface area contributed by atoms with Crippen molar-refractivity contribution in [3.63, 3.8) is 0 Å². The minimum absolute atomic E-state index is 0.0469. The molecule has 0 aromatic heterocycles. The van der Waals surface area contributed by atoms with E-state index in [1.165, 1.54) is 4.31 Å². The Morgan fingerprint density at radius 3 is 2.42 bits per heavy atom. The second kappa shape index (κ2) is 7.95. The summed E-state index contributed by atoms with van der Waals surface area (Å²) in [6.07, 6.45) is 0. The maximum atomic E-state index is 12.7. The average molecular weight is 418 g/mol. The minimum Gasteiger partial charge on any atom is -0.339 e. The molecule has 1 fully saturated rings. The van der Waals surface area contributed by atoms with Crippen LogP contribution in [0.4, 0.5) is 0 Å². The van der Waals surface area contributed by atoms with E-state index >= 15 is 0 Å². The third-order valence-electron chi connectivity index (χ3n) is 4.29. The van der Waals surface area contributed by atoms with Crippen molar-refractivity contribution in [2.45, 2.75) is 24.8 Å². The Hall–Kier alpha value is -0.960. The van der Waals surface area contributed by atoms with Crippen LogP contribution >= 0.6 is 15.9 Å². The lowest BCUT2D eigenvalue weighted by molar-refractivity contribution is -0.133. The van der Waals surface area contributed by atoms with Gasteiger partial charge in [-0.1, -0.05) is 22.0 Å². The molecule has 24 heavy (non-hydrogen) atoms. The first-order valence-electron chi connectivity index (χ1n) is 7.95. The van der Waals surface area contributed by atoms with E-state index in [2.05, 4.69) is 15.9 Å². The summed E-state index contributed by atoms with van der Waals surface area (Å²) in [5.74, 6) is 0.0469. The topological polar surface area (TPSA) is 60.9 Å². The highest BCUT2D eigenvalue weighted by atomic mass is 79.9. The average Bonchev–Trinajstić information content (AvgIpc) is 2.54. The molecule has 2 rings (SSSR count). The van der Waals surface area contributed by atoms with Gasteiger partial charge in [-0.2, -0.15) is 4.31 Å². The molecule has 1 aromatic carbocycles. The zero-order chi connectivity index (χ0) is 17.9. The summed E-state index contributed by atoms with van der Waals surface area (Å²) in [5.41, 5.74) is 0. The molecule has 0 N–H and O–H groups in total. The van der Waals surface area contributed by atoms with Gasteiger partial charge in [0.1, 0.15) is 0 Å². The van der Waals surface area contributed by atoms with Crippen molar-refractivity contribution in [1.29, 1.82) is 0 Å². The zero-order valence-corrected chi connectivity index (χ0v) is 16.7. The monoisotopic (exact) mass is 417 g/mol. The molecule has 0 bridgehead atoms. The van der Waals surface area contributed by atoms with Crippen LogP contribution in [0.15, 0.2) is 33.6 Å². The number of hydrogen-bond donors (Lipinski definition) is 0. The van der Waals surface area contributed by atoms with Gasteiger partial charge in [-0.05, 0) is 39.1 Å². The predicted molar refractivity (Wildman–Crippen MR) is 97.2 cm³/mol. The van der Waals surface area contributed by atoms with Crippen LogP contribution in [0, 0.1) is 0 Å². The van der Waals surface area contributed by atoms with E-state index in [0.29, 0.717) is 38.8 Å². The van der Waals surface area contributed by atoms with Crippen LogP contribution in [0.5, 0.6) is 0 Å². The summed E-state index contributed by atoms with van der Waals surface area (Å²) in [5, 5.41) is 0. The van der Waals surface area contributed by atoms with Gasteiger partial charge in [-0.25, -0.2) is 8.42 Å². The molecule has 0 unspecified atom stereocenters. The van der Waals surface area contributed by atoms with Crippen molar-refractivity contribution >= 4 is 31.9 Å². The number of rotatable bonds is 5. The third kappa shape index (κ3) is 4.56. The van der Waals surface area contributed by atoms with E-state index in [4.69, 9.17) is 0 Å². The van der Waals surface area contributed by atoms with E-state index in [9.17, 15) is 13.2 Å². The molecule has 1 amide bonds. The van der Waals surface area contributed by atoms with Crippen molar-refractivity contribution in [3.05, 3.63) is 28.7 Å². The highest BCUT2D eigenvalue weighted by Crippen LogP contribution is 2.21. The SMILES string of the molecule is CC(C)N(C)CC(=O)N1CCN(S(=O)(=O)c2cccc(Br)c2)CC1. The van der Waals surface area contributed by atoms with Gasteiger partial charge in [0.15, 0.2) is 0 Å². The Kier molecular flexibility index (Phi) is 6.41. The molecule has 0 radical (unpaired) electrons. The first kappa shape index (κ1) is 19.4. The van der Waals surface area contributed by atoms with Gasteiger partial charge >= 0.3 is 0 Å². The van der Waals surface area contributed by atoms with Crippen LogP contribution in [-0.4, -0.2) is 74.2 Å². The first-order chi connectivity index (χ1) is 11.2. The van der Waals surface area contributed by atoms with Gasteiger partial charge in [-0.15, -0.1) is 0 Å². The number of halogens is 1. The van der Waals surface area contributed by atoms with Crippen molar-refractivity contribution < 1.29 is 13.2 Å². The molecule has 1 aliphatic rings. The van der Waals surface area contributed by atoms with Crippen molar-refractivity contribution in [2.75, 3.05) is 39.8 Å². The molecule has 1 aliphatic heterocycles. The number of sulfonamides is 1. The van der Waals surface area contributed by atoms with E-state index < -0.39 is 10.0 Å². The van der Waals surface area contributed by atoms with Crippen molar-refractivity contribution in [1.82, 2.24) is 14.1 Å². The smallest absolute Gasteiger partial charge is 0.243 e. The van der Waals surface area contributed by atoms with Crippen molar-refractivity contribution in [3.8, 4) is 0 Å². The van der Waals surface area contributed by atoms with E-state index in [-0.39, 0.29) is 10.8 Å². The number of piperazine rings is 1. The molecule has 1 heterocycles.